The second kappa shape index (κ2) is 9.80. The van der Waals surface area contributed by atoms with Crippen LogP contribution in [0.25, 0.3) is 0 Å². The van der Waals surface area contributed by atoms with E-state index >= 15 is 0 Å². The van der Waals surface area contributed by atoms with Crippen LogP contribution in [0.4, 0.5) is 5.69 Å². The number of nitrogens with one attached hydrogen (secondary N) is 1. The molecule has 0 spiro atoms. The van der Waals surface area contributed by atoms with Crippen LogP contribution < -0.4 is 10.4 Å². The summed E-state index contributed by atoms with van der Waals surface area (Å²) in [6.07, 6.45) is 4.64. The zero-order valence-electron chi connectivity index (χ0n) is 18.3. The molecule has 5 nitrogen and oxygen atoms in total. The topological polar surface area (TPSA) is 47.9 Å². The molecule has 2 aromatic rings. The van der Waals surface area contributed by atoms with Crippen molar-refractivity contribution in [3.05, 3.63) is 88.0 Å². The van der Waals surface area contributed by atoms with E-state index in [0.29, 0.717) is 26.5 Å². The average Bonchev–Trinajstić information content (AvgIpc) is 3.16. The van der Waals surface area contributed by atoms with Gasteiger partial charge in [-0.15, -0.1) is 6.58 Å². The van der Waals surface area contributed by atoms with E-state index in [1.54, 1.807) is 29.3 Å². The zero-order chi connectivity index (χ0) is 23.7. The Labute approximate surface area is 209 Å². The van der Waals surface area contributed by atoms with Gasteiger partial charge in [0, 0.05) is 21.8 Å². The lowest BCUT2D eigenvalue weighted by molar-refractivity contribution is -0.119. The van der Waals surface area contributed by atoms with Crippen molar-refractivity contribution < 1.29 is 4.79 Å². The number of hydrazone groups is 1. The van der Waals surface area contributed by atoms with Crippen molar-refractivity contribution in [1.82, 2.24) is 10.4 Å². The number of nitrogens with zero attached hydrogens (tertiary/aromatic N) is 3. The fourth-order valence-corrected chi connectivity index (χ4v) is 5.00. The molecule has 0 aromatic heterocycles. The highest BCUT2D eigenvalue weighted by Gasteiger charge is 2.42. The predicted octanol–water partition coefficient (Wildman–Crippen LogP) is 6.79. The number of carbonyl (C=O) groups is 1. The molecule has 0 aliphatic carbocycles. The SMILES string of the molecule is C=C[C@@H]1C(C(=O)NN2C(=C)CCCC2C)=NN(c2ccc(Cl)cc2Cl)[C@@H]1c1ccc(Cl)cc1. The van der Waals surface area contributed by atoms with Crippen LogP contribution in [0.3, 0.4) is 0 Å². The second-order valence-electron chi connectivity index (χ2n) is 8.30. The lowest BCUT2D eigenvalue weighted by atomic mass is 9.89. The largest absolute Gasteiger partial charge is 0.287 e. The molecule has 2 aromatic carbocycles. The van der Waals surface area contributed by atoms with E-state index in [1.807, 2.05) is 29.3 Å². The minimum atomic E-state index is -0.383. The van der Waals surface area contributed by atoms with Gasteiger partial charge in [0.15, 0.2) is 0 Å². The Morgan fingerprint density at radius 3 is 2.48 bits per heavy atom. The molecule has 3 atom stereocenters. The van der Waals surface area contributed by atoms with E-state index in [0.717, 1.165) is 30.5 Å². The van der Waals surface area contributed by atoms with Gasteiger partial charge in [0.05, 0.1) is 22.7 Å². The van der Waals surface area contributed by atoms with E-state index < -0.39 is 0 Å². The number of piperidine rings is 1. The maximum absolute atomic E-state index is 13.4. The number of amides is 1. The second-order valence-corrected chi connectivity index (χ2v) is 9.58. The fourth-order valence-electron chi connectivity index (χ4n) is 4.38. The van der Waals surface area contributed by atoms with Gasteiger partial charge >= 0.3 is 0 Å². The van der Waals surface area contributed by atoms with E-state index in [4.69, 9.17) is 39.9 Å². The first-order chi connectivity index (χ1) is 15.8. The van der Waals surface area contributed by atoms with E-state index in [2.05, 4.69) is 25.5 Å². The summed E-state index contributed by atoms with van der Waals surface area (Å²) in [5.41, 5.74) is 5.83. The van der Waals surface area contributed by atoms with Gasteiger partial charge in [-0.3, -0.25) is 20.2 Å². The molecule has 33 heavy (non-hydrogen) atoms. The molecule has 1 N–H and O–H groups in total. The summed E-state index contributed by atoms with van der Waals surface area (Å²) >= 11 is 18.8. The molecule has 0 radical (unpaired) electrons. The van der Waals surface area contributed by atoms with Gasteiger partial charge in [0.1, 0.15) is 5.71 Å². The first-order valence-electron chi connectivity index (χ1n) is 10.8. The van der Waals surface area contributed by atoms with E-state index in [1.165, 1.54) is 0 Å². The van der Waals surface area contributed by atoms with Crippen LogP contribution in [0.1, 0.15) is 37.8 Å². The van der Waals surface area contributed by atoms with Gasteiger partial charge in [0.25, 0.3) is 5.91 Å². The molecule has 0 saturated carbocycles. The molecule has 1 unspecified atom stereocenters. The Kier molecular flexibility index (Phi) is 7.03. The summed E-state index contributed by atoms with van der Waals surface area (Å²) in [7, 11) is 0. The highest BCUT2D eigenvalue weighted by atomic mass is 35.5. The van der Waals surface area contributed by atoms with Crippen molar-refractivity contribution in [3.8, 4) is 0 Å². The Morgan fingerprint density at radius 1 is 1.15 bits per heavy atom. The van der Waals surface area contributed by atoms with Crippen LogP contribution in [-0.4, -0.2) is 22.7 Å². The number of anilines is 1. The molecule has 172 valence electrons. The standard InChI is InChI=1S/C25H25Cl3N4O/c1-4-20-23(25(33)30-31-15(2)6-5-7-16(31)3)29-32(22-13-12-19(27)14-21(22)28)24(20)17-8-10-18(26)11-9-17/h4,8-14,16,20,24H,1-2,5-7H2,3H3,(H,30,33)/t16?,20-,24-/m1/s1. The third-order valence-corrected chi connectivity index (χ3v) is 6.87. The van der Waals surface area contributed by atoms with Gasteiger partial charge < -0.3 is 0 Å². The van der Waals surface area contributed by atoms with Gasteiger partial charge in [-0.2, -0.15) is 5.10 Å². The van der Waals surface area contributed by atoms with Crippen LogP contribution >= 0.6 is 34.8 Å². The van der Waals surface area contributed by atoms with Gasteiger partial charge in [-0.25, -0.2) is 0 Å². The number of halogens is 3. The molecule has 2 aliphatic heterocycles. The normalized spacial score (nSPS) is 22.8. The number of hydrogen-bond acceptors (Lipinski definition) is 4. The minimum absolute atomic E-state index is 0.160. The Bertz CT molecular complexity index is 1120. The molecule has 0 bridgehead atoms. The summed E-state index contributed by atoms with van der Waals surface area (Å²) in [6.45, 7) is 10.2. The zero-order valence-corrected chi connectivity index (χ0v) is 20.5. The highest BCUT2D eigenvalue weighted by molar-refractivity contribution is 6.41. The maximum atomic E-state index is 13.4. The Hall–Kier alpha value is -2.47. The van der Waals surface area contributed by atoms with Gasteiger partial charge in [0.2, 0.25) is 0 Å². The van der Waals surface area contributed by atoms with E-state index in [9.17, 15) is 4.79 Å². The third kappa shape index (κ3) is 4.77. The molecule has 1 fully saturated rings. The fraction of sp³-hybridized carbons (Fsp3) is 0.280. The van der Waals surface area contributed by atoms with Crippen LogP contribution in [-0.2, 0) is 4.79 Å². The lowest BCUT2D eigenvalue weighted by Crippen LogP contribution is -2.51. The maximum Gasteiger partial charge on any atom is 0.286 e. The Morgan fingerprint density at radius 2 is 1.85 bits per heavy atom. The molecule has 2 aliphatic rings. The van der Waals surface area contributed by atoms with E-state index in [-0.39, 0.29) is 23.9 Å². The summed E-state index contributed by atoms with van der Waals surface area (Å²) in [5.74, 6) is -0.673. The summed E-state index contributed by atoms with van der Waals surface area (Å²) in [6, 6.07) is 12.5. The molecule has 4 rings (SSSR count). The third-order valence-electron chi connectivity index (χ3n) is 6.08. The number of rotatable bonds is 5. The number of hydrazine groups is 1. The van der Waals surface area contributed by atoms with Crippen molar-refractivity contribution in [2.75, 3.05) is 5.01 Å². The predicted molar refractivity (Wildman–Crippen MR) is 137 cm³/mol. The first-order valence-corrected chi connectivity index (χ1v) is 11.9. The van der Waals surface area contributed by atoms with Crippen molar-refractivity contribution in [3.63, 3.8) is 0 Å². The van der Waals surface area contributed by atoms with Crippen molar-refractivity contribution in [2.24, 2.45) is 11.0 Å². The molecule has 2 heterocycles. The smallest absolute Gasteiger partial charge is 0.286 e. The summed E-state index contributed by atoms with van der Waals surface area (Å²) < 4.78 is 0. The highest BCUT2D eigenvalue weighted by Crippen LogP contribution is 2.43. The molecule has 1 saturated heterocycles. The van der Waals surface area contributed by atoms with Gasteiger partial charge in [-0.1, -0.05) is 59.6 Å². The van der Waals surface area contributed by atoms with Crippen LogP contribution in [0.2, 0.25) is 15.1 Å². The number of allylic oxidation sites excluding steroid dienone is 1. The van der Waals surface area contributed by atoms with Crippen LogP contribution in [0.5, 0.6) is 0 Å². The van der Waals surface area contributed by atoms with Gasteiger partial charge in [-0.05, 0) is 62.1 Å². The van der Waals surface area contributed by atoms with Crippen molar-refractivity contribution in [1.29, 1.82) is 0 Å². The Balaban J connectivity index is 1.74. The van der Waals surface area contributed by atoms with Crippen molar-refractivity contribution in [2.45, 2.75) is 38.3 Å². The molecule has 8 heteroatoms. The number of benzene rings is 2. The number of hydrogen-bond donors (Lipinski definition) is 1. The lowest BCUT2D eigenvalue weighted by Gasteiger charge is -2.37. The van der Waals surface area contributed by atoms with Crippen LogP contribution in [0, 0.1) is 5.92 Å². The molecule has 1 amide bonds. The quantitative estimate of drug-likeness (QED) is 0.457. The molecular weight excluding hydrogens is 479 g/mol. The molecular formula is C25H25Cl3N4O. The first kappa shape index (κ1) is 23.7. The summed E-state index contributed by atoms with van der Waals surface area (Å²) in [5, 5.41) is 9.94. The van der Waals surface area contributed by atoms with Crippen molar-refractivity contribution >= 4 is 52.1 Å². The number of carbonyl (C=O) groups excluding carboxylic acids is 1. The summed E-state index contributed by atoms with van der Waals surface area (Å²) in [4.78, 5) is 13.4. The monoisotopic (exact) mass is 502 g/mol. The minimum Gasteiger partial charge on any atom is -0.287 e. The average molecular weight is 504 g/mol. The van der Waals surface area contributed by atoms with Crippen LogP contribution in [0.15, 0.2) is 72.5 Å².